The SMILES string of the molecule is CC(C)N(C(=O)c1cc2c(cc1C(F)(F)F)OC(C)(C)C(=O)N2CCNC(=O)CF)[C@@H]1CCCN(C(=O)O)C1. The van der Waals surface area contributed by atoms with Crippen LogP contribution in [0.4, 0.5) is 28.0 Å². The second-order valence-electron chi connectivity index (χ2n) is 10.2. The summed E-state index contributed by atoms with van der Waals surface area (Å²) in [5.74, 6) is -2.81. The molecule has 0 saturated carbocycles. The van der Waals surface area contributed by atoms with Gasteiger partial charge in [-0.2, -0.15) is 13.2 Å². The van der Waals surface area contributed by atoms with E-state index >= 15 is 0 Å². The molecule has 2 aliphatic rings. The molecule has 4 amide bonds. The van der Waals surface area contributed by atoms with E-state index in [0.717, 1.165) is 15.9 Å². The third-order valence-electron chi connectivity index (χ3n) is 6.68. The highest BCUT2D eigenvalue weighted by molar-refractivity contribution is 6.05. The predicted octanol–water partition coefficient (Wildman–Crippen LogP) is 3.29. The quantitative estimate of drug-likeness (QED) is 0.494. The largest absolute Gasteiger partial charge is 0.476 e. The Kier molecular flexibility index (Phi) is 8.66. The molecular formula is C25H32F4N4O6. The van der Waals surface area contributed by atoms with Crippen LogP contribution in [-0.4, -0.2) is 89.3 Å². The molecule has 216 valence electrons. The lowest BCUT2D eigenvalue weighted by atomic mass is 9.96. The molecule has 1 aromatic rings. The summed E-state index contributed by atoms with van der Waals surface area (Å²) in [5, 5.41) is 11.7. The summed E-state index contributed by atoms with van der Waals surface area (Å²) in [6.07, 6.45) is -5.32. The highest BCUT2D eigenvalue weighted by Gasteiger charge is 2.45. The van der Waals surface area contributed by atoms with Crippen LogP contribution in [0.5, 0.6) is 5.75 Å². The van der Waals surface area contributed by atoms with Crippen molar-refractivity contribution < 1.29 is 46.6 Å². The van der Waals surface area contributed by atoms with Crippen molar-refractivity contribution >= 4 is 29.5 Å². The molecule has 1 fully saturated rings. The first-order valence-corrected chi connectivity index (χ1v) is 12.5. The molecule has 0 radical (unpaired) electrons. The molecule has 2 aliphatic heterocycles. The Morgan fingerprint density at radius 3 is 2.49 bits per heavy atom. The first-order chi connectivity index (χ1) is 18.1. The maximum absolute atomic E-state index is 14.3. The number of rotatable bonds is 7. The zero-order valence-corrected chi connectivity index (χ0v) is 22.1. The Labute approximate surface area is 222 Å². The Bertz CT molecular complexity index is 1140. The standard InChI is InChI=1S/C25H32F4N4O6/c1-14(2)33(15-6-5-8-31(13-15)23(37)38)21(35)16-10-18-19(11-17(16)25(27,28)29)39-24(3,4)22(36)32(18)9-7-30-20(34)12-26/h10-11,14-15H,5-9,12-13H2,1-4H3,(H,30,34)(H,37,38)/t15-/m1/s1. The van der Waals surface area contributed by atoms with Crippen molar-refractivity contribution in [3.63, 3.8) is 0 Å². The summed E-state index contributed by atoms with van der Waals surface area (Å²) in [6, 6.07) is 0.380. The van der Waals surface area contributed by atoms with Gasteiger partial charge in [0, 0.05) is 32.2 Å². The topological polar surface area (TPSA) is 119 Å². The monoisotopic (exact) mass is 560 g/mol. The van der Waals surface area contributed by atoms with E-state index in [4.69, 9.17) is 4.74 Å². The molecule has 1 aromatic carbocycles. The van der Waals surface area contributed by atoms with Crippen LogP contribution >= 0.6 is 0 Å². The normalized spacial score (nSPS) is 18.9. The number of carboxylic acid groups (broad SMARTS) is 1. The van der Waals surface area contributed by atoms with E-state index in [2.05, 4.69) is 5.32 Å². The molecule has 39 heavy (non-hydrogen) atoms. The molecule has 0 spiro atoms. The van der Waals surface area contributed by atoms with Gasteiger partial charge < -0.3 is 29.9 Å². The van der Waals surface area contributed by atoms with E-state index < -0.39 is 65.5 Å². The second kappa shape index (κ2) is 11.3. The van der Waals surface area contributed by atoms with Crippen LogP contribution in [0.25, 0.3) is 0 Å². The van der Waals surface area contributed by atoms with Crippen LogP contribution in [-0.2, 0) is 15.8 Å². The lowest BCUT2D eigenvalue weighted by molar-refractivity contribution is -0.138. The van der Waals surface area contributed by atoms with E-state index in [1.54, 1.807) is 13.8 Å². The van der Waals surface area contributed by atoms with E-state index in [0.29, 0.717) is 18.9 Å². The van der Waals surface area contributed by atoms with Gasteiger partial charge >= 0.3 is 12.3 Å². The predicted molar refractivity (Wildman–Crippen MR) is 131 cm³/mol. The van der Waals surface area contributed by atoms with Gasteiger partial charge in [-0.05, 0) is 52.7 Å². The third kappa shape index (κ3) is 6.36. The number of carbonyl (C=O) groups is 4. The van der Waals surface area contributed by atoms with Gasteiger partial charge in [-0.15, -0.1) is 0 Å². The van der Waals surface area contributed by atoms with Crippen molar-refractivity contribution in [3.05, 3.63) is 23.3 Å². The Hall–Kier alpha value is -3.58. The summed E-state index contributed by atoms with van der Waals surface area (Å²) in [6.45, 7) is 4.50. The van der Waals surface area contributed by atoms with E-state index in [1.165, 1.54) is 18.7 Å². The third-order valence-corrected chi connectivity index (χ3v) is 6.68. The van der Waals surface area contributed by atoms with Crippen molar-refractivity contribution in [2.75, 3.05) is 37.8 Å². The number of benzene rings is 1. The van der Waals surface area contributed by atoms with Gasteiger partial charge in [-0.3, -0.25) is 14.4 Å². The summed E-state index contributed by atoms with van der Waals surface area (Å²) >= 11 is 0. The number of hydrogen-bond donors (Lipinski definition) is 2. The van der Waals surface area contributed by atoms with Gasteiger partial charge in [0.05, 0.1) is 22.9 Å². The zero-order chi connectivity index (χ0) is 29.3. The minimum Gasteiger partial charge on any atom is -0.476 e. The lowest BCUT2D eigenvalue weighted by Gasteiger charge is -2.42. The lowest BCUT2D eigenvalue weighted by Crippen LogP contribution is -2.55. The number of alkyl halides is 4. The molecule has 0 unspecified atom stereocenters. The summed E-state index contributed by atoms with van der Waals surface area (Å²) < 4.78 is 61.0. The zero-order valence-electron chi connectivity index (χ0n) is 22.1. The van der Waals surface area contributed by atoms with E-state index in [9.17, 15) is 41.8 Å². The van der Waals surface area contributed by atoms with Crippen LogP contribution in [0.3, 0.4) is 0 Å². The molecule has 0 bridgehead atoms. The fourth-order valence-corrected chi connectivity index (χ4v) is 4.92. The number of likely N-dealkylation sites (tertiary alicyclic amines) is 1. The van der Waals surface area contributed by atoms with Crippen molar-refractivity contribution in [2.24, 2.45) is 0 Å². The number of amides is 4. The van der Waals surface area contributed by atoms with Gasteiger partial charge in [0.2, 0.25) is 0 Å². The number of piperidine rings is 1. The first-order valence-electron chi connectivity index (χ1n) is 12.5. The van der Waals surface area contributed by atoms with Crippen LogP contribution < -0.4 is 15.0 Å². The summed E-state index contributed by atoms with van der Waals surface area (Å²) in [5.41, 5.74) is -3.66. The van der Waals surface area contributed by atoms with Crippen LogP contribution in [0.15, 0.2) is 12.1 Å². The average molecular weight is 561 g/mol. The number of fused-ring (bicyclic) bond motifs is 1. The van der Waals surface area contributed by atoms with Crippen LogP contribution in [0.2, 0.25) is 0 Å². The maximum Gasteiger partial charge on any atom is 0.417 e. The number of nitrogens with one attached hydrogen (secondary N) is 1. The molecule has 1 saturated heterocycles. The van der Waals surface area contributed by atoms with E-state index in [-0.39, 0.29) is 37.6 Å². The number of anilines is 1. The Balaban J connectivity index is 2.10. The van der Waals surface area contributed by atoms with Crippen molar-refractivity contribution in [1.29, 1.82) is 0 Å². The molecule has 14 heteroatoms. The fourth-order valence-electron chi connectivity index (χ4n) is 4.92. The number of hydrogen-bond acceptors (Lipinski definition) is 5. The first kappa shape index (κ1) is 30.0. The van der Waals surface area contributed by atoms with Crippen molar-refractivity contribution in [2.45, 2.75) is 64.4 Å². The maximum atomic E-state index is 14.3. The minimum absolute atomic E-state index is 0.0538. The van der Waals surface area contributed by atoms with Crippen LogP contribution in [0, 0.1) is 0 Å². The molecule has 2 heterocycles. The molecule has 0 aromatic heterocycles. The average Bonchev–Trinajstić information content (AvgIpc) is 2.84. The molecular weight excluding hydrogens is 528 g/mol. The molecule has 0 aliphatic carbocycles. The van der Waals surface area contributed by atoms with Crippen molar-refractivity contribution in [1.82, 2.24) is 15.1 Å². The summed E-state index contributed by atoms with van der Waals surface area (Å²) in [7, 11) is 0. The van der Waals surface area contributed by atoms with Gasteiger partial charge in [-0.1, -0.05) is 0 Å². The minimum atomic E-state index is -4.96. The van der Waals surface area contributed by atoms with Gasteiger partial charge in [-0.25, -0.2) is 9.18 Å². The van der Waals surface area contributed by atoms with Gasteiger partial charge in [0.15, 0.2) is 12.3 Å². The number of halogens is 4. The Morgan fingerprint density at radius 1 is 1.26 bits per heavy atom. The molecule has 2 N–H and O–H groups in total. The fraction of sp³-hybridized carbons (Fsp3) is 0.600. The van der Waals surface area contributed by atoms with Gasteiger partial charge in [0.1, 0.15) is 5.75 Å². The Morgan fingerprint density at radius 2 is 1.92 bits per heavy atom. The number of nitrogens with zero attached hydrogens (tertiary/aromatic N) is 3. The second-order valence-corrected chi connectivity index (χ2v) is 10.2. The molecule has 1 atom stereocenters. The van der Waals surface area contributed by atoms with Gasteiger partial charge in [0.25, 0.3) is 17.7 Å². The molecule has 10 nitrogen and oxygen atoms in total. The smallest absolute Gasteiger partial charge is 0.417 e. The number of ether oxygens (including phenoxy) is 1. The summed E-state index contributed by atoms with van der Waals surface area (Å²) in [4.78, 5) is 53.2. The van der Waals surface area contributed by atoms with E-state index in [1.807, 2.05) is 0 Å². The van der Waals surface area contributed by atoms with Crippen LogP contribution in [0.1, 0.15) is 56.5 Å². The highest BCUT2D eigenvalue weighted by atomic mass is 19.4. The molecule has 3 rings (SSSR count). The number of carbonyl (C=O) groups excluding carboxylic acids is 3. The van der Waals surface area contributed by atoms with Crippen molar-refractivity contribution in [3.8, 4) is 5.75 Å². The highest BCUT2D eigenvalue weighted by Crippen LogP contribution is 2.44.